The van der Waals surface area contributed by atoms with Crippen LogP contribution in [0.5, 0.6) is 0 Å². The molecule has 3 N–H and O–H groups in total. The summed E-state index contributed by atoms with van der Waals surface area (Å²) in [5.41, 5.74) is 7.83. The number of benzene rings is 1. The number of carbonyl (C=O) groups is 1. The molecule has 3 heteroatoms. The Kier molecular flexibility index (Phi) is 4.59. The van der Waals surface area contributed by atoms with E-state index in [1.54, 1.807) is 0 Å². The molecule has 1 aromatic rings. The number of nitrogens with one attached hydrogen (secondary N) is 1. The average molecular weight is 260 g/mol. The third-order valence-electron chi connectivity index (χ3n) is 4.01. The molecule has 0 heterocycles. The van der Waals surface area contributed by atoms with Crippen molar-refractivity contribution in [3.8, 4) is 0 Å². The van der Waals surface area contributed by atoms with E-state index in [1.807, 2.05) is 0 Å². The fourth-order valence-electron chi connectivity index (χ4n) is 3.00. The number of aryl methyl sites for hydroxylation is 1. The first-order valence-electron chi connectivity index (χ1n) is 7.24. The molecule has 0 atom stereocenters. The number of rotatable bonds is 5. The lowest BCUT2D eigenvalue weighted by Crippen LogP contribution is -2.43. The van der Waals surface area contributed by atoms with Gasteiger partial charge in [-0.3, -0.25) is 4.79 Å². The lowest BCUT2D eigenvalue weighted by molar-refractivity contribution is -0.123. The highest BCUT2D eigenvalue weighted by molar-refractivity contribution is 5.77. The Morgan fingerprint density at radius 2 is 2.11 bits per heavy atom. The molecule has 1 saturated carbocycles. The van der Waals surface area contributed by atoms with E-state index in [0.29, 0.717) is 13.0 Å². The molecule has 0 unspecified atom stereocenters. The molecule has 0 saturated heterocycles. The molecule has 0 spiro atoms. The smallest absolute Gasteiger partial charge is 0.220 e. The highest BCUT2D eigenvalue weighted by Gasteiger charge is 2.36. The first-order valence-corrected chi connectivity index (χ1v) is 7.24. The Balaban J connectivity index is 2.16. The van der Waals surface area contributed by atoms with Gasteiger partial charge in [-0.1, -0.05) is 42.7 Å². The van der Waals surface area contributed by atoms with Gasteiger partial charge in [-0.25, -0.2) is 0 Å². The second kappa shape index (κ2) is 6.20. The van der Waals surface area contributed by atoms with E-state index in [9.17, 15) is 4.79 Å². The van der Waals surface area contributed by atoms with Gasteiger partial charge in [-0.15, -0.1) is 0 Å². The second-order valence-electron chi connectivity index (χ2n) is 5.60. The monoisotopic (exact) mass is 260 g/mol. The number of carbonyl (C=O) groups excluding carboxylic acids is 1. The van der Waals surface area contributed by atoms with Crippen LogP contribution in [0.1, 0.15) is 49.7 Å². The van der Waals surface area contributed by atoms with E-state index in [4.69, 9.17) is 5.73 Å². The van der Waals surface area contributed by atoms with Gasteiger partial charge < -0.3 is 11.1 Å². The maximum Gasteiger partial charge on any atom is 0.220 e. The van der Waals surface area contributed by atoms with Gasteiger partial charge in [0.1, 0.15) is 0 Å². The lowest BCUT2D eigenvalue weighted by atomic mass is 9.87. The Morgan fingerprint density at radius 1 is 1.37 bits per heavy atom. The second-order valence-corrected chi connectivity index (χ2v) is 5.60. The molecule has 0 bridgehead atoms. The summed E-state index contributed by atoms with van der Waals surface area (Å²) >= 11 is 0. The van der Waals surface area contributed by atoms with Crippen molar-refractivity contribution in [1.29, 1.82) is 0 Å². The third-order valence-corrected chi connectivity index (χ3v) is 4.01. The molecular weight excluding hydrogens is 236 g/mol. The van der Waals surface area contributed by atoms with E-state index in [2.05, 4.69) is 36.5 Å². The Bertz CT molecular complexity index is 436. The minimum Gasteiger partial charge on any atom is -0.347 e. The topological polar surface area (TPSA) is 55.1 Å². The fourth-order valence-corrected chi connectivity index (χ4v) is 3.00. The molecule has 0 aromatic heterocycles. The minimum absolute atomic E-state index is 0.133. The van der Waals surface area contributed by atoms with Crippen molar-refractivity contribution in [2.24, 2.45) is 5.73 Å². The van der Waals surface area contributed by atoms with Crippen LogP contribution in [0.25, 0.3) is 0 Å². The number of amides is 1. The summed E-state index contributed by atoms with van der Waals surface area (Å²) in [6, 6.07) is 8.52. The maximum absolute atomic E-state index is 12.1. The molecule has 104 valence electrons. The van der Waals surface area contributed by atoms with Gasteiger partial charge in [0, 0.05) is 6.42 Å². The van der Waals surface area contributed by atoms with E-state index in [-0.39, 0.29) is 11.4 Å². The molecule has 0 radical (unpaired) electrons. The third kappa shape index (κ3) is 3.35. The summed E-state index contributed by atoms with van der Waals surface area (Å²) in [6.07, 6.45) is 5.76. The molecule has 1 amide bonds. The van der Waals surface area contributed by atoms with Crippen molar-refractivity contribution in [3.63, 3.8) is 0 Å². The Hall–Kier alpha value is -1.35. The quantitative estimate of drug-likeness (QED) is 0.855. The first kappa shape index (κ1) is 14.1. The van der Waals surface area contributed by atoms with Crippen molar-refractivity contribution in [1.82, 2.24) is 5.32 Å². The molecular formula is C16H24N2O. The lowest BCUT2D eigenvalue weighted by Gasteiger charge is -2.31. The van der Waals surface area contributed by atoms with Crippen LogP contribution in [0.2, 0.25) is 0 Å². The summed E-state index contributed by atoms with van der Waals surface area (Å²) in [5.74, 6) is 0.133. The minimum atomic E-state index is -0.141. The zero-order valence-corrected chi connectivity index (χ0v) is 11.7. The van der Waals surface area contributed by atoms with Gasteiger partial charge in [0.05, 0.1) is 5.54 Å². The van der Waals surface area contributed by atoms with Gasteiger partial charge in [0.15, 0.2) is 0 Å². The van der Waals surface area contributed by atoms with Crippen LogP contribution in [0.4, 0.5) is 0 Å². The summed E-state index contributed by atoms with van der Waals surface area (Å²) in [5, 5.41) is 3.28. The zero-order chi connectivity index (χ0) is 13.7. The molecule has 0 aliphatic heterocycles. The van der Waals surface area contributed by atoms with Gasteiger partial charge in [-0.2, -0.15) is 0 Å². The van der Waals surface area contributed by atoms with Crippen molar-refractivity contribution >= 4 is 5.91 Å². The molecule has 1 aliphatic carbocycles. The summed E-state index contributed by atoms with van der Waals surface area (Å²) < 4.78 is 0. The predicted molar refractivity (Wildman–Crippen MR) is 77.8 cm³/mol. The van der Waals surface area contributed by atoms with Crippen LogP contribution >= 0.6 is 0 Å². The molecule has 19 heavy (non-hydrogen) atoms. The molecule has 2 rings (SSSR count). The van der Waals surface area contributed by atoms with Crippen LogP contribution in [-0.4, -0.2) is 12.5 Å². The van der Waals surface area contributed by atoms with Crippen LogP contribution < -0.4 is 11.1 Å². The van der Waals surface area contributed by atoms with E-state index in [0.717, 1.165) is 19.3 Å². The van der Waals surface area contributed by atoms with Crippen LogP contribution in [-0.2, 0) is 10.3 Å². The largest absolute Gasteiger partial charge is 0.347 e. The van der Waals surface area contributed by atoms with E-state index in [1.165, 1.54) is 24.0 Å². The SMILES string of the molecule is Cc1cccc(C2(NC(=O)CCCN)CCCC2)c1. The number of nitrogens with two attached hydrogens (primary N) is 1. The normalized spacial score (nSPS) is 17.4. The Morgan fingerprint density at radius 3 is 2.74 bits per heavy atom. The van der Waals surface area contributed by atoms with Crippen LogP contribution in [0.15, 0.2) is 24.3 Å². The highest BCUT2D eigenvalue weighted by atomic mass is 16.1. The van der Waals surface area contributed by atoms with Gasteiger partial charge in [0.25, 0.3) is 0 Å². The highest BCUT2D eigenvalue weighted by Crippen LogP contribution is 2.39. The number of hydrogen-bond acceptors (Lipinski definition) is 2. The van der Waals surface area contributed by atoms with Crippen LogP contribution in [0.3, 0.4) is 0 Å². The fraction of sp³-hybridized carbons (Fsp3) is 0.562. The van der Waals surface area contributed by atoms with Gasteiger partial charge in [0.2, 0.25) is 5.91 Å². The summed E-state index contributed by atoms with van der Waals surface area (Å²) in [7, 11) is 0. The predicted octanol–water partition coefficient (Wildman–Crippen LogP) is 2.62. The van der Waals surface area contributed by atoms with Crippen molar-refractivity contribution < 1.29 is 4.79 Å². The standard InChI is InChI=1S/C16H24N2O/c1-13-6-4-7-14(12-13)16(9-2-3-10-16)18-15(19)8-5-11-17/h4,6-7,12H,2-3,5,8-11,17H2,1H3,(H,18,19). The van der Waals surface area contributed by atoms with Gasteiger partial charge in [-0.05, 0) is 38.3 Å². The summed E-state index contributed by atoms with van der Waals surface area (Å²) in [6.45, 7) is 2.67. The Labute approximate surface area is 115 Å². The van der Waals surface area contributed by atoms with Gasteiger partial charge >= 0.3 is 0 Å². The van der Waals surface area contributed by atoms with E-state index >= 15 is 0 Å². The number of hydrogen-bond donors (Lipinski definition) is 2. The molecule has 1 aliphatic rings. The maximum atomic E-state index is 12.1. The molecule has 3 nitrogen and oxygen atoms in total. The first-order chi connectivity index (χ1) is 9.16. The average Bonchev–Trinajstić information content (AvgIpc) is 2.86. The van der Waals surface area contributed by atoms with Crippen molar-refractivity contribution in [3.05, 3.63) is 35.4 Å². The summed E-state index contributed by atoms with van der Waals surface area (Å²) in [4.78, 5) is 12.1. The van der Waals surface area contributed by atoms with E-state index < -0.39 is 0 Å². The molecule has 1 fully saturated rings. The van der Waals surface area contributed by atoms with Crippen LogP contribution in [0, 0.1) is 6.92 Å². The zero-order valence-electron chi connectivity index (χ0n) is 11.7. The van der Waals surface area contributed by atoms with Crippen molar-refractivity contribution in [2.75, 3.05) is 6.54 Å². The molecule has 1 aromatic carbocycles. The van der Waals surface area contributed by atoms with Crippen molar-refractivity contribution in [2.45, 2.75) is 51.0 Å².